The Bertz CT molecular complexity index is 200. The van der Waals surface area contributed by atoms with Gasteiger partial charge in [0.25, 0.3) is 0 Å². The standard InChI is InChI=1S/C19H41N.BrH/c1-6-11-13-17(8-3)15-19(20,10-5)16-18(9-4)14-12-7-2;/h17-18H,6-16,20H2,1-5H3;1H. The molecule has 0 aromatic carbocycles. The van der Waals surface area contributed by atoms with Gasteiger partial charge in [0.05, 0.1) is 5.54 Å². The number of quaternary nitrogens is 1. The second kappa shape index (κ2) is 14.1. The average molecular weight is 364 g/mol. The van der Waals surface area contributed by atoms with Crippen molar-refractivity contribution in [3.05, 3.63) is 0 Å². The van der Waals surface area contributed by atoms with Crippen LogP contribution in [-0.2, 0) is 0 Å². The Balaban J connectivity index is 0. The SMILES string of the molecule is CCCCC(CC)CC([NH3+])(CC)CC(CC)CCCC.[Br-]. The van der Waals surface area contributed by atoms with Crippen LogP contribution in [0.15, 0.2) is 0 Å². The Morgan fingerprint density at radius 2 is 1.14 bits per heavy atom. The molecule has 2 heteroatoms. The van der Waals surface area contributed by atoms with Crippen LogP contribution in [0, 0.1) is 11.8 Å². The predicted octanol–water partition coefficient (Wildman–Crippen LogP) is 2.59. The smallest absolute Gasteiger partial charge is 0.0948 e. The lowest BCUT2D eigenvalue weighted by atomic mass is 9.75. The number of hydrogen-bond donors (Lipinski definition) is 1. The molecule has 0 radical (unpaired) electrons. The summed E-state index contributed by atoms with van der Waals surface area (Å²) in [4.78, 5) is 0. The maximum absolute atomic E-state index is 4.68. The normalized spacial score (nSPS) is 16.9. The van der Waals surface area contributed by atoms with Gasteiger partial charge in [-0.3, -0.25) is 0 Å². The van der Waals surface area contributed by atoms with Gasteiger partial charge in [0.1, 0.15) is 0 Å². The van der Waals surface area contributed by atoms with Crippen LogP contribution in [0.5, 0.6) is 0 Å². The lowest BCUT2D eigenvalue weighted by molar-refractivity contribution is -0.487. The van der Waals surface area contributed by atoms with E-state index < -0.39 is 0 Å². The van der Waals surface area contributed by atoms with E-state index in [1.54, 1.807) is 0 Å². The van der Waals surface area contributed by atoms with E-state index in [1.165, 1.54) is 70.6 Å². The van der Waals surface area contributed by atoms with Crippen LogP contribution >= 0.6 is 0 Å². The first-order valence-corrected chi connectivity index (χ1v) is 9.40. The second-order valence-corrected chi connectivity index (χ2v) is 7.09. The van der Waals surface area contributed by atoms with E-state index in [-0.39, 0.29) is 17.0 Å². The van der Waals surface area contributed by atoms with Crippen molar-refractivity contribution in [2.75, 3.05) is 0 Å². The molecule has 0 amide bonds. The van der Waals surface area contributed by atoms with Crippen molar-refractivity contribution in [3.63, 3.8) is 0 Å². The highest BCUT2D eigenvalue weighted by Crippen LogP contribution is 2.31. The summed E-state index contributed by atoms with van der Waals surface area (Å²) < 4.78 is 0. The van der Waals surface area contributed by atoms with Gasteiger partial charge in [0.2, 0.25) is 0 Å². The van der Waals surface area contributed by atoms with Crippen molar-refractivity contribution in [1.29, 1.82) is 0 Å². The molecule has 0 aromatic heterocycles. The average Bonchev–Trinajstić information content (AvgIpc) is 2.47. The molecule has 0 bridgehead atoms. The molecule has 0 heterocycles. The highest BCUT2D eigenvalue weighted by molar-refractivity contribution is 4.81. The molecule has 0 saturated heterocycles. The van der Waals surface area contributed by atoms with Crippen molar-refractivity contribution in [2.24, 2.45) is 11.8 Å². The third kappa shape index (κ3) is 10.7. The molecule has 2 atom stereocenters. The molecule has 0 spiro atoms. The molecule has 3 N–H and O–H groups in total. The monoisotopic (exact) mass is 363 g/mol. The van der Waals surface area contributed by atoms with Gasteiger partial charge in [-0.25, -0.2) is 0 Å². The van der Waals surface area contributed by atoms with Crippen molar-refractivity contribution < 1.29 is 22.7 Å². The van der Waals surface area contributed by atoms with Crippen molar-refractivity contribution in [1.82, 2.24) is 0 Å². The highest BCUT2D eigenvalue weighted by Gasteiger charge is 2.32. The Morgan fingerprint density at radius 1 is 0.762 bits per heavy atom. The topological polar surface area (TPSA) is 27.6 Å². The molecular formula is C19H42BrN. The van der Waals surface area contributed by atoms with E-state index in [2.05, 4.69) is 40.4 Å². The van der Waals surface area contributed by atoms with Crippen molar-refractivity contribution in [3.8, 4) is 0 Å². The van der Waals surface area contributed by atoms with Crippen LogP contribution in [0.25, 0.3) is 0 Å². The van der Waals surface area contributed by atoms with Gasteiger partial charge in [-0.15, -0.1) is 0 Å². The van der Waals surface area contributed by atoms with Gasteiger partial charge < -0.3 is 22.7 Å². The van der Waals surface area contributed by atoms with Crippen LogP contribution in [0.1, 0.15) is 105 Å². The largest absolute Gasteiger partial charge is 1.00 e. The molecule has 0 saturated carbocycles. The molecule has 2 unspecified atom stereocenters. The summed E-state index contributed by atoms with van der Waals surface area (Å²) >= 11 is 0. The van der Waals surface area contributed by atoms with Gasteiger partial charge in [-0.05, 0) is 18.3 Å². The first-order chi connectivity index (χ1) is 9.55. The van der Waals surface area contributed by atoms with Crippen LogP contribution in [0.4, 0.5) is 0 Å². The van der Waals surface area contributed by atoms with Gasteiger partial charge >= 0.3 is 0 Å². The van der Waals surface area contributed by atoms with E-state index in [4.69, 9.17) is 0 Å². The molecule has 0 aromatic rings. The molecular weight excluding hydrogens is 322 g/mol. The quantitative estimate of drug-likeness (QED) is 0.520. The maximum Gasteiger partial charge on any atom is 0.0948 e. The van der Waals surface area contributed by atoms with Gasteiger partial charge in [0, 0.05) is 12.8 Å². The zero-order valence-electron chi connectivity index (χ0n) is 15.5. The van der Waals surface area contributed by atoms with Crippen molar-refractivity contribution >= 4 is 0 Å². The van der Waals surface area contributed by atoms with E-state index in [9.17, 15) is 0 Å². The van der Waals surface area contributed by atoms with Crippen LogP contribution in [0.3, 0.4) is 0 Å². The summed E-state index contributed by atoms with van der Waals surface area (Å²) in [6, 6.07) is 0. The maximum atomic E-state index is 4.68. The third-order valence-corrected chi connectivity index (χ3v) is 5.28. The van der Waals surface area contributed by atoms with Gasteiger partial charge in [0.15, 0.2) is 0 Å². The Hall–Kier alpha value is 0.440. The summed E-state index contributed by atoms with van der Waals surface area (Å²) in [5.74, 6) is 1.80. The second-order valence-electron chi connectivity index (χ2n) is 7.09. The summed E-state index contributed by atoms with van der Waals surface area (Å²) in [6.45, 7) is 11.7. The molecule has 0 aliphatic heterocycles. The predicted molar refractivity (Wildman–Crippen MR) is 91.8 cm³/mol. The lowest BCUT2D eigenvalue weighted by Crippen LogP contribution is -3.00. The van der Waals surface area contributed by atoms with E-state index in [1.807, 2.05) is 0 Å². The molecule has 0 fully saturated rings. The van der Waals surface area contributed by atoms with Gasteiger partial charge in [-0.2, -0.15) is 0 Å². The minimum Gasteiger partial charge on any atom is -1.00 e. The number of halogens is 1. The number of hydrogen-bond acceptors (Lipinski definition) is 0. The lowest BCUT2D eigenvalue weighted by Gasteiger charge is -2.32. The van der Waals surface area contributed by atoms with E-state index in [0.29, 0.717) is 5.54 Å². The first-order valence-electron chi connectivity index (χ1n) is 9.40. The molecule has 1 nitrogen and oxygen atoms in total. The summed E-state index contributed by atoms with van der Waals surface area (Å²) in [6.07, 6.45) is 14.9. The minimum atomic E-state index is 0. The number of rotatable bonds is 13. The first kappa shape index (κ1) is 23.7. The minimum absolute atomic E-state index is 0. The molecule has 0 aliphatic carbocycles. The summed E-state index contributed by atoms with van der Waals surface area (Å²) in [5, 5.41) is 0. The molecule has 0 rings (SSSR count). The highest BCUT2D eigenvalue weighted by atomic mass is 79.9. The summed E-state index contributed by atoms with van der Waals surface area (Å²) in [7, 11) is 0. The Morgan fingerprint density at radius 3 is 1.38 bits per heavy atom. The van der Waals surface area contributed by atoms with Gasteiger partial charge in [-0.1, -0.05) is 86.0 Å². The molecule has 21 heavy (non-hydrogen) atoms. The fourth-order valence-corrected chi connectivity index (χ4v) is 3.48. The Labute approximate surface area is 145 Å². The van der Waals surface area contributed by atoms with Crippen molar-refractivity contribution in [2.45, 2.75) is 111 Å². The Kier molecular flexibility index (Phi) is 15.9. The zero-order chi connectivity index (χ0) is 15.4. The van der Waals surface area contributed by atoms with E-state index in [0.717, 1.165) is 11.8 Å². The molecule has 0 aliphatic rings. The third-order valence-electron chi connectivity index (χ3n) is 5.28. The van der Waals surface area contributed by atoms with E-state index >= 15 is 0 Å². The van der Waals surface area contributed by atoms with Crippen LogP contribution < -0.4 is 22.7 Å². The van der Waals surface area contributed by atoms with Crippen LogP contribution in [-0.4, -0.2) is 5.54 Å². The zero-order valence-corrected chi connectivity index (χ0v) is 17.1. The van der Waals surface area contributed by atoms with Crippen LogP contribution in [0.2, 0.25) is 0 Å². The summed E-state index contributed by atoms with van der Waals surface area (Å²) in [5.41, 5.74) is 5.02. The fraction of sp³-hybridized carbons (Fsp3) is 1.00. The number of unbranched alkanes of at least 4 members (excludes halogenated alkanes) is 2. The molecule has 130 valence electrons. The fourth-order valence-electron chi connectivity index (χ4n) is 3.48.